The lowest BCUT2D eigenvalue weighted by Gasteiger charge is -2.09. The molecular weight excluding hydrogens is 348 g/mol. The van der Waals surface area contributed by atoms with Crippen LogP contribution in [0.2, 0.25) is 0 Å². The predicted molar refractivity (Wildman–Crippen MR) is 102 cm³/mol. The van der Waals surface area contributed by atoms with Crippen LogP contribution in [0.4, 0.5) is 0 Å². The molecule has 2 amide bonds. The summed E-state index contributed by atoms with van der Waals surface area (Å²) in [5, 5.41) is 0. The normalized spacial score (nSPS) is 12.3. The van der Waals surface area contributed by atoms with Crippen LogP contribution in [-0.4, -0.2) is 24.2 Å². The number of carbonyl (C=O) groups is 2. The van der Waals surface area contributed by atoms with Crippen LogP contribution >= 0.6 is 11.8 Å². The van der Waals surface area contributed by atoms with E-state index in [9.17, 15) is 9.59 Å². The Kier molecular flexibility index (Phi) is 6.17. The first-order valence-electron chi connectivity index (χ1n) is 8.62. The van der Waals surface area contributed by atoms with Gasteiger partial charge in [0.15, 0.2) is 6.61 Å². The summed E-state index contributed by atoms with van der Waals surface area (Å²) in [6, 6.07) is 13.8. The van der Waals surface area contributed by atoms with Gasteiger partial charge in [0.05, 0.1) is 5.75 Å². The second kappa shape index (κ2) is 8.76. The zero-order chi connectivity index (χ0) is 18.4. The Labute approximate surface area is 157 Å². The van der Waals surface area contributed by atoms with E-state index in [2.05, 4.69) is 29.1 Å². The Hall–Kier alpha value is -2.47. The first-order chi connectivity index (χ1) is 12.6. The summed E-state index contributed by atoms with van der Waals surface area (Å²) in [4.78, 5) is 24.7. The summed E-state index contributed by atoms with van der Waals surface area (Å²) < 4.78 is 5.38. The van der Waals surface area contributed by atoms with Crippen molar-refractivity contribution in [2.24, 2.45) is 0 Å². The number of amides is 2. The molecule has 2 N–H and O–H groups in total. The van der Waals surface area contributed by atoms with Crippen molar-refractivity contribution in [3.8, 4) is 5.75 Å². The highest BCUT2D eigenvalue weighted by Gasteiger charge is 2.12. The smallest absolute Gasteiger partial charge is 0.276 e. The summed E-state index contributed by atoms with van der Waals surface area (Å²) in [5.41, 5.74) is 8.64. The second-order valence-corrected chi connectivity index (χ2v) is 7.32. The number of ether oxygens (including phenoxy) is 1. The molecule has 6 heteroatoms. The number of thioether (sulfide) groups is 1. The second-order valence-electron chi connectivity index (χ2n) is 6.27. The molecule has 0 radical (unpaired) electrons. The highest BCUT2D eigenvalue weighted by Crippen LogP contribution is 2.27. The summed E-state index contributed by atoms with van der Waals surface area (Å²) in [7, 11) is 0. The lowest BCUT2D eigenvalue weighted by Crippen LogP contribution is -2.44. The third kappa shape index (κ3) is 5.26. The first-order valence-corrected chi connectivity index (χ1v) is 9.60. The number of aryl methyl sites for hydroxylation is 3. The molecule has 0 unspecified atom stereocenters. The van der Waals surface area contributed by atoms with Gasteiger partial charge in [-0.05, 0) is 67.1 Å². The van der Waals surface area contributed by atoms with E-state index < -0.39 is 5.91 Å². The van der Waals surface area contributed by atoms with E-state index in [1.54, 1.807) is 6.07 Å². The summed E-state index contributed by atoms with van der Waals surface area (Å²) in [6.07, 6.45) is 3.48. The van der Waals surface area contributed by atoms with Crippen LogP contribution in [0.15, 0.2) is 47.4 Å². The molecule has 0 aromatic heterocycles. The molecule has 2 aromatic rings. The molecular formula is C20H22N2O3S. The first kappa shape index (κ1) is 18.3. The lowest BCUT2D eigenvalue weighted by atomic mass is 10.1. The minimum atomic E-state index is -0.401. The largest absolute Gasteiger partial charge is 0.484 e. The molecule has 3 rings (SSSR count). The highest BCUT2D eigenvalue weighted by atomic mass is 32.2. The standard InChI is InChI=1S/C20H22N2O3S/c1-14-4-2-7-17(10-14)25-12-19(23)21-22-20(24)13-26-18-9-8-15-5-3-6-16(15)11-18/h2,4,7-11H,3,5-6,12-13H2,1H3,(H,21,23)(H,22,24). The van der Waals surface area contributed by atoms with E-state index in [0.29, 0.717) is 5.75 Å². The number of hydrazine groups is 1. The number of nitrogens with one attached hydrogen (secondary N) is 2. The number of rotatable bonds is 6. The van der Waals surface area contributed by atoms with Crippen LogP contribution in [0.3, 0.4) is 0 Å². The molecule has 0 atom stereocenters. The van der Waals surface area contributed by atoms with Crippen LogP contribution in [0.1, 0.15) is 23.1 Å². The van der Waals surface area contributed by atoms with E-state index in [1.807, 2.05) is 25.1 Å². The van der Waals surface area contributed by atoms with Gasteiger partial charge in [-0.3, -0.25) is 20.4 Å². The van der Waals surface area contributed by atoms with Gasteiger partial charge in [0.2, 0.25) is 5.91 Å². The molecule has 0 aliphatic heterocycles. The van der Waals surface area contributed by atoms with Gasteiger partial charge in [-0.2, -0.15) is 0 Å². The maximum atomic E-state index is 11.9. The summed E-state index contributed by atoms with van der Waals surface area (Å²) in [5.74, 6) is 0.220. The third-order valence-electron chi connectivity index (χ3n) is 4.14. The Bertz CT molecular complexity index is 807. The molecule has 0 saturated carbocycles. The van der Waals surface area contributed by atoms with Gasteiger partial charge < -0.3 is 4.74 Å². The Morgan fingerprint density at radius 1 is 1.04 bits per heavy atom. The Morgan fingerprint density at radius 2 is 1.85 bits per heavy atom. The topological polar surface area (TPSA) is 67.4 Å². The zero-order valence-electron chi connectivity index (χ0n) is 14.7. The molecule has 136 valence electrons. The monoisotopic (exact) mass is 370 g/mol. The van der Waals surface area contributed by atoms with E-state index >= 15 is 0 Å². The van der Waals surface area contributed by atoms with Gasteiger partial charge >= 0.3 is 0 Å². The van der Waals surface area contributed by atoms with E-state index in [-0.39, 0.29) is 18.3 Å². The zero-order valence-corrected chi connectivity index (χ0v) is 15.5. The van der Waals surface area contributed by atoms with Crippen molar-refractivity contribution in [3.05, 3.63) is 59.2 Å². The molecule has 26 heavy (non-hydrogen) atoms. The fraction of sp³-hybridized carbons (Fsp3) is 0.300. The fourth-order valence-corrected chi connectivity index (χ4v) is 3.61. The number of hydrogen-bond donors (Lipinski definition) is 2. The van der Waals surface area contributed by atoms with Gasteiger partial charge in [-0.15, -0.1) is 11.8 Å². The van der Waals surface area contributed by atoms with E-state index in [1.165, 1.54) is 29.3 Å². The van der Waals surface area contributed by atoms with Crippen molar-refractivity contribution in [2.75, 3.05) is 12.4 Å². The number of benzene rings is 2. The molecule has 1 aliphatic carbocycles. The molecule has 0 fully saturated rings. The van der Waals surface area contributed by atoms with Crippen LogP contribution in [-0.2, 0) is 22.4 Å². The molecule has 0 saturated heterocycles. The van der Waals surface area contributed by atoms with Crippen molar-refractivity contribution >= 4 is 23.6 Å². The molecule has 2 aromatic carbocycles. The van der Waals surface area contributed by atoms with Gasteiger partial charge in [-0.1, -0.05) is 18.2 Å². The van der Waals surface area contributed by atoms with E-state index in [0.717, 1.165) is 23.3 Å². The minimum absolute atomic E-state index is 0.151. The van der Waals surface area contributed by atoms with Crippen molar-refractivity contribution < 1.29 is 14.3 Å². The predicted octanol–water partition coefficient (Wildman–Crippen LogP) is 2.80. The molecule has 0 bridgehead atoms. The van der Waals surface area contributed by atoms with Gasteiger partial charge in [0.25, 0.3) is 5.91 Å². The SMILES string of the molecule is Cc1cccc(OCC(=O)NNC(=O)CSc2ccc3c(c2)CCC3)c1. The number of carbonyl (C=O) groups excluding carboxylic acids is 2. The highest BCUT2D eigenvalue weighted by molar-refractivity contribution is 8.00. The van der Waals surface area contributed by atoms with Crippen LogP contribution < -0.4 is 15.6 Å². The minimum Gasteiger partial charge on any atom is -0.484 e. The molecule has 1 aliphatic rings. The van der Waals surface area contributed by atoms with Gasteiger partial charge in [0.1, 0.15) is 5.75 Å². The fourth-order valence-electron chi connectivity index (χ4n) is 2.85. The molecule has 0 spiro atoms. The van der Waals surface area contributed by atoms with Gasteiger partial charge in [-0.25, -0.2) is 0 Å². The van der Waals surface area contributed by atoms with Crippen molar-refractivity contribution in [1.29, 1.82) is 0 Å². The van der Waals surface area contributed by atoms with Crippen LogP contribution in [0, 0.1) is 6.92 Å². The summed E-state index contributed by atoms with van der Waals surface area (Å²) >= 11 is 1.46. The average Bonchev–Trinajstić information content (AvgIpc) is 3.11. The number of hydrogen-bond acceptors (Lipinski definition) is 4. The van der Waals surface area contributed by atoms with Crippen LogP contribution in [0.5, 0.6) is 5.75 Å². The average molecular weight is 370 g/mol. The Balaban J connectivity index is 1.36. The molecule has 5 nitrogen and oxygen atoms in total. The van der Waals surface area contributed by atoms with Crippen LogP contribution in [0.25, 0.3) is 0 Å². The maximum absolute atomic E-state index is 11.9. The summed E-state index contributed by atoms with van der Waals surface area (Å²) in [6.45, 7) is 1.80. The van der Waals surface area contributed by atoms with Crippen molar-refractivity contribution in [1.82, 2.24) is 10.9 Å². The van der Waals surface area contributed by atoms with Crippen molar-refractivity contribution in [2.45, 2.75) is 31.1 Å². The maximum Gasteiger partial charge on any atom is 0.276 e. The third-order valence-corrected chi connectivity index (χ3v) is 5.13. The quantitative estimate of drug-likeness (QED) is 0.606. The molecule has 0 heterocycles. The Morgan fingerprint density at radius 3 is 2.69 bits per heavy atom. The van der Waals surface area contributed by atoms with E-state index in [4.69, 9.17) is 4.74 Å². The number of fused-ring (bicyclic) bond motifs is 1. The van der Waals surface area contributed by atoms with Gasteiger partial charge in [0, 0.05) is 4.90 Å². The lowest BCUT2D eigenvalue weighted by molar-refractivity contribution is -0.128. The van der Waals surface area contributed by atoms with Crippen molar-refractivity contribution in [3.63, 3.8) is 0 Å².